The highest BCUT2D eigenvalue weighted by atomic mass is 127. The Bertz CT molecular complexity index is 905. The second-order valence-corrected chi connectivity index (χ2v) is 6.61. The molecule has 1 aromatic carbocycles. The average Bonchev–Trinajstić information content (AvgIpc) is 3.10. The zero-order valence-corrected chi connectivity index (χ0v) is 19.6. The third kappa shape index (κ3) is 6.62. The van der Waals surface area contributed by atoms with Crippen LogP contribution in [0.2, 0.25) is 0 Å². The summed E-state index contributed by atoms with van der Waals surface area (Å²) in [7, 11) is 0. The predicted octanol–water partition coefficient (Wildman–Crippen LogP) is 3.96. The second kappa shape index (κ2) is 11.6. The molecule has 0 atom stereocenters. The molecule has 3 aromatic rings. The molecule has 2 aromatic heterocycles. The molecule has 29 heavy (non-hydrogen) atoms. The quantitative estimate of drug-likeness (QED) is 0.275. The minimum Gasteiger partial charge on any atom is -0.494 e. The lowest BCUT2D eigenvalue weighted by Gasteiger charge is -2.13. The predicted molar refractivity (Wildman–Crippen MR) is 129 cm³/mol. The van der Waals surface area contributed by atoms with Crippen molar-refractivity contribution in [1.29, 1.82) is 0 Å². The number of rotatable bonds is 8. The van der Waals surface area contributed by atoms with Crippen LogP contribution in [0.4, 0.5) is 0 Å². The number of nitrogens with one attached hydrogen (secondary N) is 2. The van der Waals surface area contributed by atoms with Crippen molar-refractivity contribution in [1.82, 2.24) is 20.0 Å². The molecular formula is C22H30IN5O. The molecule has 0 aliphatic rings. The summed E-state index contributed by atoms with van der Waals surface area (Å²) in [6, 6.07) is 12.3. The molecule has 2 heterocycles. The Hall–Kier alpha value is -2.29. The van der Waals surface area contributed by atoms with E-state index in [1.807, 2.05) is 35.7 Å². The number of fused-ring (bicyclic) bond motifs is 1. The summed E-state index contributed by atoms with van der Waals surface area (Å²) in [4.78, 5) is 9.35. The lowest BCUT2D eigenvalue weighted by Crippen LogP contribution is -2.38. The number of aliphatic imine (C=N–C) groups is 1. The Morgan fingerprint density at radius 2 is 2.03 bits per heavy atom. The topological polar surface area (TPSA) is 63.0 Å². The van der Waals surface area contributed by atoms with Crippen LogP contribution >= 0.6 is 24.0 Å². The first-order valence-electron chi connectivity index (χ1n) is 9.86. The van der Waals surface area contributed by atoms with Gasteiger partial charge in [-0.25, -0.2) is 9.98 Å². The number of aryl methyl sites for hydroxylation is 1. The summed E-state index contributed by atoms with van der Waals surface area (Å²) >= 11 is 0. The van der Waals surface area contributed by atoms with E-state index >= 15 is 0 Å². The third-order valence-corrected chi connectivity index (χ3v) is 4.36. The molecule has 0 bridgehead atoms. The van der Waals surface area contributed by atoms with Crippen LogP contribution in [0.15, 0.2) is 53.8 Å². The molecule has 0 unspecified atom stereocenters. The zero-order chi connectivity index (χ0) is 19.8. The van der Waals surface area contributed by atoms with Crippen molar-refractivity contribution in [3.05, 3.63) is 65.6 Å². The number of halogens is 1. The second-order valence-electron chi connectivity index (χ2n) is 6.61. The molecule has 0 aliphatic heterocycles. The first kappa shape index (κ1) is 23.0. The van der Waals surface area contributed by atoms with Gasteiger partial charge in [-0.3, -0.25) is 0 Å². The number of pyridine rings is 1. The number of aromatic nitrogens is 2. The number of hydrogen-bond donors (Lipinski definition) is 2. The molecule has 2 N–H and O–H groups in total. The number of ether oxygens (including phenoxy) is 1. The van der Waals surface area contributed by atoms with Gasteiger partial charge in [0.1, 0.15) is 11.4 Å². The van der Waals surface area contributed by atoms with E-state index in [2.05, 4.69) is 53.9 Å². The zero-order valence-electron chi connectivity index (χ0n) is 17.3. The summed E-state index contributed by atoms with van der Waals surface area (Å²) in [6.45, 7) is 8.93. The minimum absolute atomic E-state index is 0. The lowest BCUT2D eigenvalue weighted by molar-refractivity contribution is 0.336. The van der Waals surface area contributed by atoms with Gasteiger partial charge >= 0.3 is 0 Å². The normalized spacial score (nSPS) is 11.2. The third-order valence-electron chi connectivity index (χ3n) is 4.36. The summed E-state index contributed by atoms with van der Waals surface area (Å²) in [5.74, 6) is 1.71. The minimum atomic E-state index is 0. The molecule has 0 saturated carbocycles. The summed E-state index contributed by atoms with van der Waals surface area (Å²) < 4.78 is 7.80. The number of guanidine groups is 1. The van der Waals surface area contributed by atoms with Crippen molar-refractivity contribution in [3.8, 4) is 5.75 Å². The Balaban J connectivity index is 0.00000300. The van der Waals surface area contributed by atoms with Crippen LogP contribution in [-0.4, -0.2) is 35.0 Å². The van der Waals surface area contributed by atoms with Crippen molar-refractivity contribution in [2.45, 2.75) is 33.7 Å². The van der Waals surface area contributed by atoms with E-state index in [1.165, 1.54) is 5.56 Å². The van der Waals surface area contributed by atoms with Gasteiger partial charge < -0.3 is 19.8 Å². The Kier molecular flexibility index (Phi) is 9.24. The van der Waals surface area contributed by atoms with Gasteiger partial charge in [-0.2, -0.15) is 0 Å². The Morgan fingerprint density at radius 3 is 2.79 bits per heavy atom. The fourth-order valence-corrected chi connectivity index (χ4v) is 3.00. The molecule has 0 saturated heterocycles. The van der Waals surface area contributed by atoms with Crippen LogP contribution in [0, 0.1) is 6.92 Å². The van der Waals surface area contributed by atoms with E-state index in [0.29, 0.717) is 13.2 Å². The fraction of sp³-hybridized carbons (Fsp3) is 0.364. The van der Waals surface area contributed by atoms with Crippen LogP contribution in [0.1, 0.15) is 30.7 Å². The van der Waals surface area contributed by atoms with E-state index < -0.39 is 0 Å². The maximum atomic E-state index is 5.76. The van der Waals surface area contributed by atoms with Gasteiger partial charge in [0.15, 0.2) is 5.96 Å². The molecule has 0 radical (unpaired) electrons. The van der Waals surface area contributed by atoms with Crippen LogP contribution in [0.5, 0.6) is 5.75 Å². The molecular weight excluding hydrogens is 477 g/mol. The van der Waals surface area contributed by atoms with Crippen LogP contribution in [0.3, 0.4) is 0 Å². The average molecular weight is 507 g/mol. The van der Waals surface area contributed by atoms with Crippen molar-refractivity contribution in [2.24, 2.45) is 4.99 Å². The van der Waals surface area contributed by atoms with E-state index in [0.717, 1.165) is 48.1 Å². The molecule has 0 fully saturated rings. The molecule has 6 nitrogen and oxygen atoms in total. The van der Waals surface area contributed by atoms with E-state index in [9.17, 15) is 0 Å². The van der Waals surface area contributed by atoms with Crippen LogP contribution < -0.4 is 15.4 Å². The highest BCUT2D eigenvalue weighted by Gasteiger charge is 2.05. The largest absolute Gasteiger partial charge is 0.494 e. The monoisotopic (exact) mass is 507 g/mol. The van der Waals surface area contributed by atoms with E-state index in [-0.39, 0.29) is 24.0 Å². The van der Waals surface area contributed by atoms with Crippen molar-refractivity contribution < 1.29 is 4.74 Å². The van der Waals surface area contributed by atoms with Crippen molar-refractivity contribution in [3.63, 3.8) is 0 Å². The van der Waals surface area contributed by atoms with Gasteiger partial charge in [-0.15, -0.1) is 24.0 Å². The molecule has 3 rings (SSSR count). The van der Waals surface area contributed by atoms with Crippen LogP contribution in [0.25, 0.3) is 5.65 Å². The van der Waals surface area contributed by atoms with Gasteiger partial charge in [0.25, 0.3) is 0 Å². The molecule has 7 heteroatoms. The standard InChI is InChI=1S/C22H29N5O.HI/c1-4-23-22(25-15-18-10-9-17(3)14-20(18)28-5-2)24-12-11-19-16-27-13-7-6-8-21(27)26-19;/h6-10,13-14,16H,4-5,11-12,15H2,1-3H3,(H2,23,24,25);1H. The Labute approximate surface area is 189 Å². The first-order chi connectivity index (χ1) is 13.7. The summed E-state index contributed by atoms with van der Waals surface area (Å²) in [5, 5.41) is 6.70. The van der Waals surface area contributed by atoms with Gasteiger partial charge in [0, 0.05) is 37.5 Å². The van der Waals surface area contributed by atoms with Gasteiger partial charge in [0.05, 0.1) is 18.8 Å². The van der Waals surface area contributed by atoms with Gasteiger partial charge in [-0.1, -0.05) is 18.2 Å². The van der Waals surface area contributed by atoms with Gasteiger partial charge in [-0.05, 0) is 44.5 Å². The van der Waals surface area contributed by atoms with Crippen molar-refractivity contribution in [2.75, 3.05) is 19.7 Å². The molecule has 0 spiro atoms. The highest BCUT2D eigenvalue weighted by molar-refractivity contribution is 14.0. The smallest absolute Gasteiger partial charge is 0.191 e. The maximum Gasteiger partial charge on any atom is 0.191 e. The number of benzene rings is 1. The highest BCUT2D eigenvalue weighted by Crippen LogP contribution is 2.21. The number of imidazole rings is 1. The van der Waals surface area contributed by atoms with Crippen molar-refractivity contribution >= 4 is 35.6 Å². The molecule has 0 amide bonds. The van der Waals surface area contributed by atoms with Gasteiger partial charge in [0.2, 0.25) is 0 Å². The summed E-state index contributed by atoms with van der Waals surface area (Å²) in [6.07, 6.45) is 4.92. The maximum absolute atomic E-state index is 5.76. The number of nitrogens with zero attached hydrogens (tertiary/aromatic N) is 3. The lowest BCUT2D eigenvalue weighted by atomic mass is 10.1. The van der Waals surface area contributed by atoms with E-state index in [1.54, 1.807) is 0 Å². The molecule has 0 aliphatic carbocycles. The SMILES string of the molecule is CCNC(=NCc1ccc(C)cc1OCC)NCCc1cn2ccccc2n1.I. The summed E-state index contributed by atoms with van der Waals surface area (Å²) in [5.41, 5.74) is 4.31. The Morgan fingerprint density at radius 1 is 1.17 bits per heavy atom. The fourth-order valence-electron chi connectivity index (χ4n) is 3.00. The first-order valence-corrected chi connectivity index (χ1v) is 9.86. The molecule has 156 valence electrons. The van der Waals surface area contributed by atoms with E-state index in [4.69, 9.17) is 9.73 Å². The van der Waals surface area contributed by atoms with Crippen LogP contribution in [-0.2, 0) is 13.0 Å². The number of hydrogen-bond acceptors (Lipinski definition) is 3.